The summed E-state index contributed by atoms with van der Waals surface area (Å²) in [6.07, 6.45) is 0. The number of nitrogens with zero attached hydrogens (tertiary/aromatic N) is 1. The van der Waals surface area contributed by atoms with Gasteiger partial charge in [-0.25, -0.2) is 13.8 Å². The number of thiazole rings is 1. The Morgan fingerprint density at radius 2 is 1.89 bits per heavy atom. The van der Waals surface area contributed by atoms with Gasteiger partial charge in [-0.15, -0.1) is 11.3 Å². The maximum atomic E-state index is 13.8. The minimum atomic E-state index is -0.752. The largest absolute Gasteiger partial charge is 0.396 e. The van der Waals surface area contributed by atoms with E-state index in [0.717, 1.165) is 21.8 Å². The molecular formula is C14H10F2N2S. The molecule has 19 heavy (non-hydrogen) atoms. The van der Waals surface area contributed by atoms with E-state index in [0.29, 0.717) is 5.01 Å². The van der Waals surface area contributed by atoms with E-state index in [2.05, 4.69) is 4.98 Å². The van der Waals surface area contributed by atoms with E-state index < -0.39 is 11.6 Å². The number of benzene rings is 2. The van der Waals surface area contributed by atoms with Gasteiger partial charge in [-0.05, 0) is 30.7 Å². The molecule has 5 heteroatoms. The maximum absolute atomic E-state index is 13.8. The summed E-state index contributed by atoms with van der Waals surface area (Å²) in [6.45, 7) is 1.97. The van der Waals surface area contributed by atoms with E-state index in [1.165, 1.54) is 17.4 Å². The predicted molar refractivity (Wildman–Crippen MR) is 74.1 cm³/mol. The van der Waals surface area contributed by atoms with Crippen molar-refractivity contribution in [3.63, 3.8) is 0 Å². The van der Waals surface area contributed by atoms with E-state index in [9.17, 15) is 8.78 Å². The van der Waals surface area contributed by atoms with Crippen molar-refractivity contribution in [1.82, 2.24) is 4.98 Å². The molecule has 0 aliphatic carbocycles. The fraction of sp³-hybridized carbons (Fsp3) is 0.0714. The van der Waals surface area contributed by atoms with Gasteiger partial charge in [-0.2, -0.15) is 0 Å². The van der Waals surface area contributed by atoms with Crippen molar-refractivity contribution in [3.8, 4) is 10.6 Å². The SMILES string of the molecule is Cc1ccc2sc(-c3cc(N)c(F)cc3F)nc2c1. The molecule has 0 atom stereocenters. The van der Waals surface area contributed by atoms with Gasteiger partial charge in [0.1, 0.15) is 16.6 Å². The van der Waals surface area contributed by atoms with Crippen molar-refractivity contribution in [2.75, 3.05) is 5.73 Å². The average Bonchev–Trinajstić information content (AvgIpc) is 2.76. The van der Waals surface area contributed by atoms with E-state index in [4.69, 9.17) is 5.73 Å². The van der Waals surface area contributed by atoms with Crippen LogP contribution in [0.15, 0.2) is 30.3 Å². The first-order chi connectivity index (χ1) is 9.04. The highest BCUT2D eigenvalue weighted by Crippen LogP contribution is 2.33. The minimum absolute atomic E-state index is 0.0770. The van der Waals surface area contributed by atoms with Gasteiger partial charge >= 0.3 is 0 Å². The Balaban J connectivity index is 2.21. The van der Waals surface area contributed by atoms with Gasteiger partial charge in [0.2, 0.25) is 0 Å². The average molecular weight is 276 g/mol. The number of aromatic nitrogens is 1. The lowest BCUT2D eigenvalue weighted by molar-refractivity contribution is 0.588. The van der Waals surface area contributed by atoms with Crippen molar-refractivity contribution in [1.29, 1.82) is 0 Å². The number of aryl methyl sites for hydroxylation is 1. The number of halogens is 2. The van der Waals surface area contributed by atoms with Crippen molar-refractivity contribution < 1.29 is 8.78 Å². The highest BCUT2D eigenvalue weighted by Gasteiger charge is 2.13. The van der Waals surface area contributed by atoms with Gasteiger partial charge in [0.15, 0.2) is 0 Å². The highest BCUT2D eigenvalue weighted by molar-refractivity contribution is 7.21. The molecule has 3 aromatic rings. The number of hydrogen-bond donors (Lipinski definition) is 1. The molecular weight excluding hydrogens is 266 g/mol. The molecule has 0 radical (unpaired) electrons. The molecule has 0 aliphatic heterocycles. The second-order valence-electron chi connectivity index (χ2n) is 4.34. The van der Waals surface area contributed by atoms with Gasteiger partial charge in [0, 0.05) is 11.6 Å². The predicted octanol–water partition coefficient (Wildman–Crippen LogP) is 4.13. The molecule has 0 aliphatic rings. The standard InChI is InChI=1S/C14H10F2N2S/c1-7-2-3-13-12(4-7)18-14(19-13)8-5-11(17)10(16)6-9(8)15/h2-6H,17H2,1H3. The first-order valence-corrected chi connectivity index (χ1v) is 6.48. The quantitative estimate of drug-likeness (QED) is 0.679. The van der Waals surface area contributed by atoms with Crippen LogP contribution in [-0.2, 0) is 0 Å². The van der Waals surface area contributed by atoms with Crippen LogP contribution in [0.4, 0.5) is 14.5 Å². The summed E-state index contributed by atoms with van der Waals surface area (Å²) in [5, 5.41) is 0.504. The molecule has 3 rings (SSSR count). The fourth-order valence-corrected chi connectivity index (χ4v) is 2.85. The zero-order chi connectivity index (χ0) is 13.6. The van der Waals surface area contributed by atoms with E-state index in [-0.39, 0.29) is 11.3 Å². The Bertz CT molecular complexity index is 780. The molecule has 0 spiro atoms. The second kappa shape index (κ2) is 4.28. The molecule has 2 nitrogen and oxygen atoms in total. The van der Waals surface area contributed by atoms with Crippen LogP contribution >= 0.6 is 11.3 Å². The smallest absolute Gasteiger partial charge is 0.149 e. The highest BCUT2D eigenvalue weighted by atomic mass is 32.1. The fourth-order valence-electron chi connectivity index (χ4n) is 1.88. The Kier molecular flexibility index (Phi) is 2.71. The summed E-state index contributed by atoms with van der Waals surface area (Å²) < 4.78 is 27.9. The minimum Gasteiger partial charge on any atom is -0.396 e. The van der Waals surface area contributed by atoms with Gasteiger partial charge in [0.05, 0.1) is 15.9 Å². The summed E-state index contributed by atoms with van der Waals surface area (Å²) >= 11 is 1.36. The van der Waals surface area contributed by atoms with Crippen LogP contribution in [-0.4, -0.2) is 4.98 Å². The zero-order valence-electron chi connectivity index (χ0n) is 10.1. The van der Waals surface area contributed by atoms with Crippen molar-refractivity contribution in [2.45, 2.75) is 6.92 Å². The lowest BCUT2D eigenvalue weighted by Gasteiger charge is -2.01. The first kappa shape index (κ1) is 12.0. The normalized spacial score (nSPS) is 11.1. The summed E-state index contributed by atoms with van der Waals surface area (Å²) in [6, 6.07) is 7.92. The third kappa shape index (κ3) is 2.06. The van der Waals surface area contributed by atoms with Crippen LogP contribution in [0, 0.1) is 18.6 Å². The molecule has 1 aromatic heterocycles. The molecule has 2 N–H and O–H groups in total. The molecule has 0 amide bonds. The van der Waals surface area contributed by atoms with Crippen LogP contribution in [0.1, 0.15) is 5.56 Å². The maximum Gasteiger partial charge on any atom is 0.149 e. The van der Waals surface area contributed by atoms with Crippen LogP contribution in [0.3, 0.4) is 0 Å². The molecule has 96 valence electrons. The summed E-state index contributed by atoms with van der Waals surface area (Å²) in [4.78, 5) is 4.38. The van der Waals surface area contributed by atoms with Gasteiger partial charge in [0.25, 0.3) is 0 Å². The van der Waals surface area contributed by atoms with E-state index >= 15 is 0 Å². The lowest BCUT2D eigenvalue weighted by Crippen LogP contribution is -1.94. The molecule has 0 unspecified atom stereocenters. The number of rotatable bonds is 1. The molecule has 0 bridgehead atoms. The molecule has 0 saturated carbocycles. The summed E-state index contributed by atoms with van der Waals surface area (Å²) in [5.41, 5.74) is 7.53. The lowest BCUT2D eigenvalue weighted by atomic mass is 10.2. The molecule has 0 fully saturated rings. The topological polar surface area (TPSA) is 38.9 Å². The molecule has 1 heterocycles. The third-order valence-corrected chi connectivity index (χ3v) is 3.93. The van der Waals surface area contributed by atoms with E-state index in [1.807, 2.05) is 25.1 Å². The monoisotopic (exact) mass is 276 g/mol. The Labute approximate surface area is 112 Å². The van der Waals surface area contributed by atoms with E-state index in [1.54, 1.807) is 0 Å². The van der Waals surface area contributed by atoms with Crippen molar-refractivity contribution >= 4 is 27.2 Å². The Morgan fingerprint density at radius 3 is 2.68 bits per heavy atom. The molecule has 2 aromatic carbocycles. The molecule has 0 saturated heterocycles. The van der Waals surface area contributed by atoms with Crippen molar-refractivity contribution in [2.24, 2.45) is 0 Å². The van der Waals surface area contributed by atoms with Crippen LogP contribution in [0.5, 0.6) is 0 Å². The van der Waals surface area contributed by atoms with Crippen LogP contribution in [0.25, 0.3) is 20.8 Å². The zero-order valence-corrected chi connectivity index (χ0v) is 10.9. The van der Waals surface area contributed by atoms with Gasteiger partial charge < -0.3 is 5.73 Å². The number of fused-ring (bicyclic) bond motifs is 1. The number of nitrogen functional groups attached to an aromatic ring is 1. The van der Waals surface area contributed by atoms with Gasteiger partial charge in [-0.1, -0.05) is 6.07 Å². The van der Waals surface area contributed by atoms with Crippen molar-refractivity contribution in [3.05, 3.63) is 47.5 Å². The second-order valence-corrected chi connectivity index (χ2v) is 5.37. The van der Waals surface area contributed by atoms with Crippen LogP contribution in [0.2, 0.25) is 0 Å². The number of anilines is 1. The van der Waals surface area contributed by atoms with Crippen LogP contribution < -0.4 is 5.73 Å². The summed E-state index contributed by atoms with van der Waals surface area (Å²) in [7, 11) is 0. The Hall–Kier alpha value is -2.01. The first-order valence-electron chi connectivity index (χ1n) is 5.66. The third-order valence-electron chi connectivity index (χ3n) is 2.86. The van der Waals surface area contributed by atoms with Gasteiger partial charge in [-0.3, -0.25) is 0 Å². The number of hydrogen-bond acceptors (Lipinski definition) is 3. The summed E-state index contributed by atoms with van der Waals surface area (Å²) in [5.74, 6) is -1.40. The number of nitrogens with two attached hydrogens (primary N) is 1. The Morgan fingerprint density at radius 1 is 1.11 bits per heavy atom.